The van der Waals surface area contributed by atoms with Crippen molar-refractivity contribution in [2.75, 3.05) is 50.4 Å². The number of amides is 3. The van der Waals surface area contributed by atoms with Gasteiger partial charge in [0.1, 0.15) is 13.2 Å². The standard InChI is InChI=1S/C16H18N6O5/c17-14-13(19-27-20-14)15(23)21-3-5-22(6-4-21)16(24)18-10-1-2-11-12(9-10)26-8-7-25-11/h1-2,9H,3-8H2,(H2,17,20)(H,18,24). The van der Waals surface area contributed by atoms with Crippen LogP contribution in [0.4, 0.5) is 16.3 Å². The number of carbonyl (C=O) groups excluding carboxylic acids is 2. The van der Waals surface area contributed by atoms with E-state index >= 15 is 0 Å². The molecule has 1 aromatic heterocycles. The molecule has 0 atom stereocenters. The number of anilines is 2. The largest absolute Gasteiger partial charge is 0.486 e. The van der Waals surface area contributed by atoms with Crippen molar-refractivity contribution in [3.8, 4) is 11.5 Å². The minimum absolute atomic E-state index is 0.0100. The first-order chi connectivity index (χ1) is 13.1. The molecule has 0 saturated carbocycles. The molecule has 2 aliphatic rings. The van der Waals surface area contributed by atoms with Gasteiger partial charge in [-0.2, -0.15) is 0 Å². The van der Waals surface area contributed by atoms with Crippen molar-refractivity contribution in [2.45, 2.75) is 0 Å². The van der Waals surface area contributed by atoms with E-state index in [0.29, 0.717) is 56.6 Å². The number of hydrogen-bond donors (Lipinski definition) is 2. The fourth-order valence-electron chi connectivity index (χ4n) is 2.93. The Kier molecular flexibility index (Phi) is 4.40. The number of carbonyl (C=O) groups is 2. The molecule has 0 unspecified atom stereocenters. The zero-order valence-electron chi connectivity index (χ0n) is 14.4. The Hall–Kier alpha value is -3.50. The van der Waals surface area contributed by atoms with Crippen LogP contribution in [0.2, 0.25) is 0 Å². The summed E-state index contributed by atoms with van der Waals surface area (Å²) in [5.74, 6) is 0.862. The molecule has 0 spiro atoms. The molecular formula is C16H18N6O5. The summed E-state index contributed by atoms with van der Waals surface area (Å²) < 4.78 is 15.4. The van der Waals surface area contributed by atoms with Crippen molar-refractivity contribution in [1.29, 1.82) is 0 Å². The molecule has 142 valence electrons. The van der Waals surface area contributed by atoms with Crippen LogP contribution in [-0.2, 0) is 0 Å². The Morgan fingerprint density at radius 2 is 1.70 bits per heavy atom. The van der Waals surface area contributed by atoms with Crippen molar-refractivity contribution in [3.63, 3.8) is 0 Å². The predicted octanol–water partition coefficient (Wildman–Crippen LogP) is 0.413. The lowest BCUT2D eigenvalue weighted by molar-refractivity contribution is 0.0661. The maximum Gasteiger partial charge on any atom is 0.321 e. The topological polar surface area (TPSA) is 136 Å². The third-order valence-corrected chi connectivity index (χ3v) is 4.36. The van der Waals surface area contributed by atoms with Crippen molar-refractivity contribution in [2.24, 2.45) is 0 Å². The number of fused-ring (bicyclic) bond motifs is 1. The predicted molar refractivity (Wildman–Crippen MR) is 92.6 cm³/mol. The van der Waals surface area contributed by atoms with Gasteiger partial charge in [-0.3, -0.25) is 4.79 Å². The Morgan fingerprint density at radius 3 is 2.41 bits per heavy atom. The van der Waals surface area contributed by atoms with E-state index in [1.807, 2.05) is 0 Å². The average Bonchev–Trinajstić information content (AvgIpc) is 3.13. The summed E-state index contributed by atoms with van der Waals surface area (Å²) in [5.41, 5.74) is 6.15. The molecule has 3 heterocycles. The number of urea groups is 1. The molecule has 3 amide bonds. The monoisotopic (exact) mass is 374 g/mol. The number of nitrogen functional groups attached to an aromatic ring is 1. The van der Waals surface area contributed by atoms with E-state index in [-0.39, 0.29) is 23.5 Å². The third-order valence-electron chi connectivity index (χ3n) is 4.36. The molecule has 11 heteroatoms. The van der Waals surface area contributed by atoms with Crippen molar-refractivity contribution in [1.82, 2.24) is 20.1 Å². The number of aromatic nitrogens is 2. The first-order valence-corrected chi connectivity index (χ1v) is 8.45. The van der Waals surface area contributed by atoms with Gasteiger partial charge in [0.25, 0.3) is 5.91 Å². The van der Waals surface area contributed by atoms with Gasteiger partial charge >= 0.3 is 6.03 Å². The molecule has 1 aromatic carbocycles. The van der Waals surface area contributed by atoms with Gasteiger partial charge in [-0.15, -0.1) is 0 Å². The number of piperazine rings is 1. The van der Waals surface area contributed by atoms with Crippen LogP contribution in [0, 0.1) is 0 Å². The quantitative estimate of drug-likeness (QED) is 0.771. The summed E-state index contributed by atoms with van der Waals surface area (Å²) in [6.07, 6.45) is 0. The van der Waals surface area contributed by atoms with Crippen molar-refractivity contribution < 1.29 is 23.7 Å². The van der Waals surface area contributed by atoms with E-state index in [1.54, 1.807) is 28.0 Å². The van der Waals surface area contributed by atoms with Gasteiger partial charge in [-0.05, 0) is 22.4 Å². The van der Waals surface area contributed by atoms with Gasteiger partial charge in [-0.1, -0.05) is 0 Å². The average molecular weight is 374 g/mol. The molecule has 1 fully saturated rings. The molecule has 0 aliphatic carbocycles. The van der Waals surface area contributed by atoms with Crippen LogP contribution in [-0.4, -0.2) is 71.4 Å². The number of nitrogens with zero attached hydrogens (tertiary/aromatic N) is 4. The van der Waals surface area contributed by atoms with E-state index in [9.17, 15) is 9.59 Å². The Morgan fingerprint density at radius 1 is 1.00 bits per heavy atom. The summed E-state index contributed by atoms with van der Waals surface area (Å²) in [6, 6.07) is 5.00. The first-order valence-electron chi connectivity index (χ1n) is 8.45. The Labute approximate surface area is 153 Å². The van der Waals surface area contributed by atoms with E-state index < -0.39 is 0 Å². The highest BCUT2D eigenvalue weighted by molar-refractivity contribution is 5.96. The van der Waals surface area contributed by atoms with Gasteiger partial charge in [0.05, 0.1) is 0 Å². The highest BCUT2D eigenvalue weighted by Crippen LogP contribution is 2.32. The molecule has 3 N–H and O–H groups in total. The van der Waals surface area contributed by atoms with Gasteiger partial charge in [0.15, 0.2) is 11.5 Å². The van der Waals surface area contributed by atoms with E-state index in [2.05, 4.69) is 20.3 Å². The van der Waals surface area contributed by atoms with Gasteiger partial charge in [0, 0.05) is 37.9 Å². The van der Waals surface area contributed by atoms with Crippen LogP contribution in [0.3, 0.4) is 0 Å². The number of rotatable bonds is 2. The lowest BCUT2D eigenvalue weighted by atomic mass is 10.2. The van der Waals surface area contributed by atoms with Gasteiger partial charge in [-0.25, -0.2) is 9.42 Å². The fourth-order valence-corrected chi connectivity index (χ4v) is 2.93. The highest BCUT2D eigenvalue weighted by atomic mass is 16.6. The van der Waals surface area contributed by atoms with Crippen LogP contribution < -0.4 is 20.5 Å². The molecule has 0 radical (unpaired) electrons. The van der Waals surface area contributed by atoms with Gasteiger partial charge in [0.2, 0.25) is 11.5 Å². The number of nitrogens with one attached hydrogen (secondary N) is 1. The van der Waals surface area contributed by atoms with E-state index in [0.717, 1.165) is 0 Å². The molecule has 2 aliphatic heterocycles. The molecule has 0 bridgehead atoms. The van der Waals surface area contributed by atoms with Crippen LogP contribution in [0.25, 0.3) is 0 Å². The summed E-state index contributed by atoms with van der Waals surface area (Å²) in [7, 11) is 0. The molecule has 27 heavy (non-hydrogen) atoms. The second kappa shape index (κ2) is 7.02. The van der Waals surface area contributed by atoms with E-state index in [4.69, 9.17) is 15.2 Å². The van der Waals surface area contributed by atoms with Crippen molar-refractivity contribution >= 4 is 23.4 Å². The summed E-state index contributed by atoms with van der Waals surface area (Å²) >= 11 is 0. The third kappa shape index (κ3) is 3.43. The zero-order valence-corrected chi connectivity index (χ0v) is 14.4. The fraction of sp³-hybridized carbons (Fsp3) is 0.375. The molecule has 1 saturated heterocycles. The summed E-state index contributed by atoms with van der Waals surface area (Å²) in [4.78, 5) is 28.0. The number of nitrogens with two attached hydrogens (primary N) is 1. The maximum atomic E-state index is 12.5. The van der Waals surface area contributed by atoms with Gasteiger partial charge < -0.3 is 30.3 Å². The minimum atomic E-state index is -0.361. The van der Waals surface area contributed by atoms with Crippen LogP contribution in [0.15, 0.2) is 22.8 Å². The number of hydrogen-bond acceptors (Lipinski definition) is 8. The molecular weight excluding hydrogens is 356 g/mol. The lowest BCUT2D eigenvalue weighted by Crippen LogP contribution is -2.51. The van der Waals surface area contributed by atoms with Crippen LogP contribution in [0.1, 0.15) is 10.5 Å². The first kappa shape index (κ1) is 16.9. The van der Waals surface area contributed by atoms with Crippen LogP contribution >= 0.6 is 0 Å². The Bertz CT molecular complexity index is 861. The lowest BCUT2D eigenvalue weighted by Gasteiger charge is -2.34. The smallest absolute Gasteiger partial charge is 0.321 e. The summed E-state index contributed by atoms with van der Waals surface area (Å²) in [6.45, 7) is 2.48. The van der Waals surface area contributed by atoms with E-state index in [1.165, 1.54) is 0 Å². The van der Waals surface area contributed by atoms with Crippen LogP contribution in [0.5, 0.6) is 11.5 Å². The zero-order chi connectivity index (χ0) is 18.8. The second-order valence-corrected chi connectivity index (χ2v) is 6.07. The minimum Gasteiger partial charge on any atom is -0.486 e. The van der Waals surface area contributed by atoms with Crippen molar-refractivity contribution in [3.05, 3.63) is 23.9 Å². The highest BCUT2D eigenvalue weighted by Gasteiger charge is 2.28. The molecule has 11 nitrogen and oxygen atoms in total. The molecule has 2 aromatic rings. The normalized spacial score (nSPS) is 16.1. The molecule has 4 rings (SSSR count). The second-order valence-electron chi connectivity index (χ2n) is 6.07. The summed E-state index contributed by atoms with van der Waals surface area (Å²) in [5, 5.41) is 9.76. The SMILES string of the molecule is Nc1nonc1C(=O)N1CCN(C(=O)Nc2ccc3c(c2)OCCO3)CC1. The Balaban J connectivity index is 1.33. The number of benzene rings is 1. The number of ether oxygens (including phenoxy) is 2. The maximum absolute atomic E-state index is 12.5.